The van der Waals surface area contributed by atoms with Crippen LogP contribution in [0, 0.1) is 0 Å². The number of nitrogens with two attached hydrogens (primary N) is 1. The number of fused-ring (bicyclic) bond motifs is 1. The van der Waals surface area contributed by atoms with Gasteiger partial charge < -0.3 is 15.6 Å². The molecule has 4 heteroatoms. The molecule has 1 unspecified atom stereocenters. The summed E-state index contributed by atoms with van der Waals surface area (Å²) in [6.07, 6.45) is 2.00. The molecule has 108 valence electrons. The first-order valence-electron chi connectivity index (χ1n) is 6.97. The van der Waals surface area contributed by atoms with Crippen LogP contribution in [0.4, 0.5) is 0 Å². The van der Waals surface area contributed by atoms with Crippen LogP contribution in [0.5, 0.6) is 5.75 Å². The van der Waals surface area contributed by atoms with Crippen LogP contribution in [0.1, 0.15) is 39.5 Å². The van der Waals surface area contributed by atoms with E-state index in [0.29, 0.717) is 6.61 Å². The average Bonchev–Trinajstić information content (AvgIpc) is 2.86. The maximum Gasteiger partial charge on any atom is 0.335 e. The van der Waals surface area contributed by atoms with Crippen molar-refractivity contribution < 1.29 is 14.6 Å². The van der Waals surface area contributed by atoms with Gasteiger partial charge in [-0.05, 0) is 53.8 Å². The number of carboxylic acid groups (broad SMARTS) is 1. The SMILES string of the molecule is NC1CCc2cc(OCc3ccc(C(=O)O)cc3)ccc21. The van der Waals surface area contributed by atoms with Gasteiger partial charge in [-0.1, -0.05) is 18.2 Å². The zero-order valence-corrected chi connectivity index (χ0v) is 11.6. The third-order valence-electron chi connectivity index (χ3n) is 3.84. The van der Waals surface area contributed by atoms with Crippen LogP contribution in [0.25, 0.3) is 0 Å². The predicted molar refractivity (Wildman–Crippen MR) is 79.4 cm³/mol. The van der Waals surface area contributed by atoms with E-state index in [2.05, 4.69) is 0 Å². The van der Waals surface area contributed by atoms with Gasteiger partial charge in [-0.2, -0.15) is 0 Å². The van der Waals surface area contributed by atoms with E-state index >= 15 is 0 Å². The van der Waals surface area contributed by atoms with E-state index in [9.17, 15) is 4.79 Å². The van der Waals surface area contributed by atoms with Crippen LogP contribution in [0.2, 0.25) is 0 Å². The first kappa shape index (κ1) is 13.6. The van der Waals surface area contributed by atoms with Gasteiger partial charge in [-0.3, -0.25) is 0 Å². The molecule has 2 aromatic rings. The molecule has 1 aliphatic rings. The van der Waals surface area contributed by atoms with E-state index in [0.717, 1.165) is 24.2 Å². The molecule has 1 atom stereocenters. The Morgan fingerprint density at radius 1 is 1.24 bits per heavy atom. The second-order valence-electron chi connectivity index (χ2n) is 5.30. The summed E-state index contributed by atoms with van der Waals surface area (Å²) in [6, 6.07) is 12.9. The fourth-order valence-corrected chi connectivity index (χ4v) is 2.63. The van der Waals surface area contributed by atoms with Gasteiger partial charge in [0.05, 0.1) is 5.56 Å². The topological polar surface area (TPSA) is 72.5 Å². The highest BCUT2D eigenvalue weighted by molar-refractivity contribution is 5.87. The minimum Gasteiger partial charge on any atom is -0.489 e. The molecule has 0 spiro atoms. The Kier molecular flexibility index (Phi) is 3.62. The molecule has 21 heavy (non-hydrogen) atoms. The molecule has 1 aliphatic carbocycles. The van der Waals surface area contributed by atoms with Gasteiger partial charge in [-0.25, -0.2) is 4.79 Å². The summed E-state index contributed by atoms with van der Waals surface area (Å²) in [5.74, 6) is -0.0948. The van der Waals surface area contributed by atoms with Crippen LogP contribution in [0.3, 0.4) is 0 Å². The molecule has 0 heterocycles. The molecule has 0 aliphatic heterocycles. The van der Waals surface area contributed by atoms with E-state index in [1.165, 1.54) is 11.1 Å². The minimum atomic E-state index is -0.919. The molecule has 0 saturated carbocycles. The molecule has 3 rings (SSSR count). The smallest absolute Gasteiger partial charge is 0.335 e. The van der Waals surface area contributed by atoms with Crippen molar-refractivity contribution in [2.75, 3.05) is 0 Å². The first-order valence-corrected chi connectivity index (χ1v) is 6.97. The Hall–Kier alpha value is -2.33. The summed E-state index contributed by atoms with van der Waals surface area (Å²) in [5, 5.41) is 8.85. The van der Waals surface area contributed by atoms with Crippen LogP contribution in [-0.4, -0.2) is 11.1 Å². The minimum absolute atomic E-state index is 0.151. The molecule has 0 bridgehead atoms. The third-order valence-corrected chi connectivity index (χ3v) is 3.84. The number of aryl methyl sites for hydroxylation is 1. The van der Waals surface area contributed by atoms with Gasteiger partial charge in [0, 0.05) is 6.04 Å². The maximum atomic E-state index is 10.8. The van der Waals surface area contributed by atoms with Crippen molar-refractivity contribution in [3.63, 3.8) is 0 Å². The van der Waals surface area contributed by atoms with Crippen LogP contribution >= 0.6 is 0 Å². The fourth-order valence-electron chi connectivity index (χ4n) is 2.63. The van der Waals surface area contributed by atoms with Crippen molar-refractivity contribution >= 4 is 5.97 Å². The quantitative estimate of drug-likeness (QED) is 0.905. The van der Waals surface area contributed by atoms with Gasteiger partial charge >= 0.3 is 5.97 Å². The second-order valence-corrected chi connectivity index (χ2v) is 5.30. The standard InChI is InChI=1S/C17H17NO3/c18-16-8-5-13-9-14(6-7-15(13)16)21-10-11-1-3-12(4-2-11)17(19)20/h1-4,6-7,9,16H,5,8,10,18H2,(H,19,20). The van der Waals surface area contributed by atoms with Gasteiger partial charge in [0.15, 0.2) is 0 Å². The van der Waals surface area contributed by atoms with Crippen molar-refractivity contribution in [1.29, 1.82) is 0 Å². The van der Waals surface area contributed by atoms with Crippen LogP contribution < -0.4 is 10.5 Å². The summed E-state index contributed by atoms with van der Waals surface area (Å²) in [4.78, 5) is 10.8. The van der Waals surface area contributed by atoms with Gasteiger partial charge in [-0.15, -0.1) is 0 Å². The number of hydrogen-bond donors (Lipinski definition) is 2. The molecule has 0 saturated heterocycles. The Labute approximate surface area is 123 Å². The predicted octanol–water partition coefficient (Wildman–Crippen LogP) is 2.91. The molecule has 0 aromatic heterocycles. The molecular weight excluding hydrogens is 266 g/mol. The van der Waals surface area contributed by atoms with Crippen molar-refractivity contribution in [3.8, 4) is 5.75 Å². The number of hydrogen-bond acceptors (Lipinski definition) is 3. The van der Waals surface area contributed by atoms with Crippen LogP contribution in [-0.2, 0) is 13.0 Å². The number of ether oxygens (including phenoxy) is 1. The summed E-state index contributed by atoms with van der Waals surface area (Å²) in [6.45, 7) is 0.421. The highest BCUT2D eigenvalue weighted by atomic mass is 16.5. The lowest BCUT2D eigenvalue weighted by Gasteiger charge is -2.09. The summed E-state index contributed by atoms with van der Waals surface area (Å²) < 4.78 is 5.76. The first-order chi connectivity index (χ1) is 10.1. The van der Waals surface area contributed by atoms with E-state index in [4.69, 9.17) is 15.6 Å². The molecule has 2 aromatic carbocycles. The van der Waals surface area contributed by atoms with Crippen molar-refractivity contribution in [3.05, 3.63) is 64.7 Å². The Morgan fingerprint density at radius 3 is 2.71 bits per heavy atom. The lowest BCUT2D eigenvalue weighted by atomic mass is 10.1. The van der Waals surface area contributed by atoms with Crippen molar-refractivity contribution in [1.82, 2.24) is 0 Å². The van der Waals surface area contributed by atoms with Gasteiger partial charge in [0.2, 0.25) is 0 Å². The maximum absolute atomic E-state index is 10.8. The van der Waals surface area contributed by atoms with Crippen molar-refractivity contribution in [2.45, 2.75) is 25.5 Å². The molecule has 0 amide bonds. The number of carboxylic acids is 1. The number of carbonyl (C=O) groups is 1. The van der Waals surface area contributed by atoms with E-state index in [1.54, 1.807) is 24.3 Å². The monoisotopic (exact) mass is 283 g/mol. The second kappa shape index (κ2) is 5.58. The Morgan fingerprint density at radius 2 is 2.00 bits per heavy atom. The van der Waals surface area contributed by atoms with Gasteiger partial charge in [0.1, 0.15) is 12.4 Å². The van der Waals surface area contributed by atoms with E-state index in [1.807, 2.05) is 18.2 Å². The van der Waals surface area contributed by atoms with Crippen LogP contribution in [0.15, 0.2) is 42.5 Å². The summed E-state index contributed by atoms with van der Waals surface area (Å²) in [7, 11) is 0. The largest absolute Gasteiger partial charge is 0.489 e. The average molecular weight is 283 g/mol. The Bertz CT molecular complexity index is 664. The summed E-state index contributed by atoms with van der Waals surface area (Å²) >= 11 is 0. The number of benzene rings is 2. The zero-order chi connectivity index (χ0) is 14.8. The van der Waals surface area contributed by atoms with Crippen molar-refractivity contribution in [2.24, 2.45) is 5.73 Å². The molecular formula is C17H17NO3. The molecule has 4 nitrogen and oxygen atoms in total. The van der Waals surface area contributed by atoms with E-state index in [-0.39, 0.29) is 11.6 Å². The highest BCUT2D eigenvalue weighted by Gasteiger charge is 2.19. The Balaban J connectivity index is 1.66. The third kappa shape index (κ3) is 2.90. The fraction of sp³-hybridized carbons (Fsp3) is 0.235. The number of rotatable bonds is 4. The van der Waals surface area contributed by atoms with E-state index < -0.39 is 5.97 Å². The lowest BCUT2D eigenvalue weighted by Crippen LogP contribution is -2.05. The lowest BCUT2D eigenvalue weighted by molar-refractivity contribution is 0.0697. The molecule has 3 N–H and O–H groups in total. The summed E-state index contributed by atoms with van der Waals surface area (Å²) in [5.41, 5.74) is 9.72. The molecule has 0 fully saturated rings. The molecule has 0 radical (unpaired) electrons. The normalized spacial score (nSPS) is 16.5. The number of aromatic carboxylic acids is 1. The highest BCUT2D eigenvalue weighted by Crippen LogP contribution is 2.32. The zero-order valence-electron chi connectivity index (χ0n) is 11.6. The van der Waals surface area contributed by atoms with Gasteiger partial charge in [0.25, 0.3) is 0 Å².